The second-order valence-electron chi connectivity index (χ2n) is 8.52. The largest absolute Gasteiger partial charge is 0.381 e. The standard InChI is InChI=1S/C26H28ClN3O3/c1-18-23(27)8-5-9-24(18)28-26-29-25(32)21(15-22(31)14-19-10-12-33-13-11-19)17-30(26)16-20-6-3-2-4-7-20/h2-9,17,19H,10-16H2,1H3,(H,28,29,32). The molecule has 2 heterocycles. The minimum absolute atomic E-state index is 0.0680. The summed E-state index contributed by atoms with van der Waals surface area (Å²) in [6.07, 6.45) is 4.11. The number of halogens is 1. The number of anilines is 2. The molecule has 0 unspecified atom stereocenters. The number of aromatic nitrogens is 2. The van der Waals surface area contributed by atoms with Gasteiger partial charge in [-0.1, -0.05) is 48.0 Å². The van der Waals surface area contributed by atoms with Crippen LogP contribution in [0.5, 0.6) is 0 Å². The van der Waals surface area contributed by atoms with Gasteiger partial charge in [-0.05, 0) is 48.9 Å². The first-order chi connectivity index (χ1) is 16.0. The molecule has 1 fully saturated rings. The SMILES string of the molecule is Cc1c(Cl)cccc1Nc1nc(=O)c(CC(=O)CC2CCOCC2)cn1Cc1ccccc1. The highest BCUT2D eigenvalue weighted by Crippen LogP contribution is 2.26. The predicted octanol–water partition coefficient (Wildman–Crippen LogP) is 4.93. The number of nitrogens with zero attached hydrogens (tertiary/aromatic N) is 2. The molecule has 1 saturated heterocycles. The summed E-state index contributed by atoms with van der Waals surface area (Å²) >= 11 is 6.27. The molecule has 7 heteroatoms. The molecule has 6 nitrogen and oxygen atoms in total. The number of nitrogens with one attached hydrogen (secondary N) is 1. The highest BCUT2D eigenvalue weighted by Gasteiger charge is 2.19. The molecule has 1 N–H and O–H groups in total. The molecule has 33 heavy (non-hydrogen) atoms. The van der Waals surface area contributed by atoms with Gasteiger partial charge < -0.3 is 14.6 Å². The first-order valence-corrected chi connectivity index (χ1v) is 11.6. The van der Waals surface area contributed by atoms with E-state index < -0.39 is 0 Å². The third-order valence-corrected chi connectivity index (χ3v) is 6.43. The summed E-state index contributed by atoms with van der Waals surface area (Å²) in [5.41, 5.74) is 2.74. The molecule has 0 bridgehead atoms. The highest BCUT2D eigenvalue weighted by molar-refractivity contribution is 6.31. The van der Waals surface area contributed by atoms with Gasteiger partial charge in [0.1, 0.15) is 5.78 Å². The second-order valence-corrected chi connectivity index (χ2v) is 8.93. The fourth-order valence-electron chi connectivity index (χ4n) is 4.08. The maximum atomic E-state index is 12.9. The molecule has 0 radical (unpaired) electrons. The van der Waals surface area contributed by atoms with Crippen LogP contribution in [0.3, 0.4) is 0 Å². The number of rotatable bonds is 8. The summed E-state index contributed by atoms with van der Waals surface area (Å²) in [4.78, 5) is 29.9. The van der Waals surface area contributed by atoms with Crippen molar-refractivity contribution in [3.8, 4) is 0 Å². The van der Waals surface area contributed by atoms with Crippen LogP contribution in [-0.4, -0.2) is 28.5 Å². The summed E-state index contributed by atoms with van der Waals surface area (Å²) in [5, 5.41) is 3.89. The van der Waals surface area contributed by atoms with Crippen LogP contribution in [-0.2, 0) is 22.5 Å². The number of carbonyl (C=O) groups is 1. The van der Waals surface area contributed by atoms with Gasteiger partial charge in [-0.3, -0.25) is 9.59 Å². The summed E-state index contributed by atoms with van der Waals surface area (Å²) in [6.45, 7) is 3.82. The smallest absolute Gasteiger partial charge is 0.278 e. The number of ether oxygens (including phenoxy) is 1. The Hall–Kier alpha value is -2.96. The predicted molar refractivity (Wildman–Crippen MR) is 130 cm³/mol. The zero-order valence-corrected chi connectivity index (χ0v) is 19.5. The highest BCUT2D eigenvalue weighted by atomic mass is 35.5. The van der Waals surface area contributed by atoms with Crippen LogP contribution < -0.4 is 10.9 Å². The molecule has 1 aliphatic rings. The minimum Gasteiger partial charge on any atom is -0.381 e. The molecule has 0 aliphatic carbocycles. The van der Waals surface area contributed by atoms with Gasteiger partial charge >= 0.3 is 0 Å². The van der Waals surface area contributed by atoms with Gasteiger partial charge in [0.25, 0.3) is 5.56 Å². The lowest BCUT2D eigenvalue weighted by molar-refractivity contribution is -0.120. The Balaban J connectivity index is 1.61. The molecule has 0 spiro atoms. The molecule has 1 aromatic heterocycles. The van der Waals surface area contributed by atoms with E-state index in [1.807, 2.05) is 60.0 Å². The summed E-state index contributed by atoms with van der Waals surface area (Å²) in [5.74, 6) is 0.811. The van der Waals surface area contributed by atoms with Gasteiger partial charge in [0.15, 0.2) is 0 Å². The Labute approximate surface area is 198 Å². The Kier molecular flexibility index (Phi) is 7.57. The van der Waals surface area contributed by atoms with E-state index in [4.69, 9.17) is 16.3 Å². The third kappa shape index (κ3) is 6.09. The van der Waals surface area contributed by atoms with E-state index in [0.29, 0.717) is 48.6 Å². The number of benzene rings is 2. The van der Waals surface area contributed by atoms with E-state index in [1.54, 1.807) is 6.20 Å². The Morgan fingerprint density at radius 2 is 1.91 bits per heavy atom. The quantitative estimate of drug-likeness (QED) is 0.511. The number of hydrogen-bond donors (Lipinski definition) is 1. The van der Waals surface area contributed by atoms with Crippen molar-refractivity contribution in [3.63, 3.8) is 0 Å². The Morgan fingerprint density at radius 3 is 2.67 bits per heavy atom. The summed E-state index contributed by atoms with van der Waals surface area (Å²) in [6, 6.07) is 15.5. The lowest BCUT2D eigenvalue weighted by atomic mass is 9.92. The Bertz CT molecular complexity index is 1170. The van der Waals surface area contributed by atoms with Crippen molar-refractivity contribution in [1.82, 2.24) is 9.55 Å². The van der Waals surface area contributed by atoms with Crippen LogP contribution in [0.4, 0.5) is 11.6 Å². The van der Waals surface area contributed by atoms with Crippen LogP contribution >= 0.6 is 11.6 Å². The second kappa shape index (κ2) is 10.8. The van der Waals surface area contributed by atoms with Gasteiger partial charge in [-0.25, -0.2) is 0 Å². The first kappa shape index (κ1) is 23.2. The van der Waals surface area contributed by atoms with Crippen molar-refractivity contribution in [1.29, 1.82) is 0 Å². The maximum Gasteiger partial charge on any atom is 0.278 e. The molecule has 0 atom stereocenters. The number of Topliss-reactive ketones (excluding diaryl/α,β-unsaturated/α-hetero) is 1. The molecule has 4 rings (SSSR count). The lowest BCUT2D eigenvalue weighted by Crippen LogP contribution is -2.24. The first-order valence-electron chi connectivity index (χ1n) is 11.3. The average Bonchev–Trinajstić information content (AvgIpc) is 2.81. The van der Waals surface area contributed by atoms with Gasteiger partial charge in [0.05, 0.1) is 6.54 Å². The van der Waals surface area contributed by atoms with E-state index in [9.17, 15) is 9.59 Å². The lowest BCUT2D eigenvalue weighted by Gasteiger charge is -2.21. The fraction of sp³-hybridized carbons (Fsp3) is 0.346. The summed E-state index contributed by atoms with van der Waals surface area (Å²) in [7, 11) is 0. The molecule has 3 aromatic rings. The van der Waals surface area contributed by atoms with E-state index in [2.05, 4.69) is 10.3 Å². The topological polar surface area (TPSA) is 73.2 Å². The van der Waals surface area contributed by atoms with Crippen molar-refractivity contribution in [2.45, 2.75) is 39.2 Å². The van der Waals surface area contributed by atoms with E-state index >= 15 is 0 Å². The Morgan fingerprint density at radius 1 is 1.15 bits per heavy atom. The zero-order valence-electron chi connectivity index (χ0n) is 18.7. The number of hydrogen-bond acceptors (Lipinski definition) is 5. The van der Waals surface area contributed by atoms with Gasteiger partial charge in [0.2, 0.25) is 5.95 Å². The van der Waals surface area contributed by atoms with Crippen molar-refractivity contribution in [2.75, 3.05) is 18.5 Å². The number of ketones is 1. The molecular formula is C26H28ClN3O3. The van der Waals surface area contributed by atoms with E-state index in [-0.39, 0.29) is 17.8 Å². The van der Waals surface area contributed by atoms with E-state index in [1.165, 1.54) is 0 Å². The van der Waals surface area contributed by atoms with E-state index in [0.717, 1.165) is 29.7 Å². The minimum atomic E-state index is -0.387. The molecule has 0 saturated carbocycles. The van der Waals surface area contributed by atoms with Crippen molar-refractivity contribution in [3.05, 3.63) is 86.8 Å². The van der Waals surface area contributed by atoms with Crippen LogP contribution in [0.2, 0.25) is 5.02 Å². The average molecular weight is 466 g/mol. The zero-order chi connectivity index (χ0) is 23.2. The monoisotopic (exact) mass is 465 g/mol. The van der Waals surface area contributed by atoms with Crippen molar-refractivity contribution < 1.29 is 9.53 Å². The van der Waals surface area contributed by atoms with Crippen molar-refractivity contribution in [2.24, 2.45) is 5.92 Å². The van der Waals surface area contributed by atoms with Crippen LogP contribution in [0.1, 0.15) is 36.0 Å². The van der Waals surface area contributed by atoms with Gasteiger partial charge in [-0.2, -0.15) is 4.98 Å². The molecule has 2 aromatic carbocycles. The van der Waals surface area contributed by atoms with Crippen LogP contribution in [0.25, 0.3) is 0 Å². The van der Waals surface area contributed by atoms with Crippen LogP contribution in [0.15, 0.2) is 59.5 Å². The molecular weight excluding hydrogens is 438 g/mol. The van der Waals surface area contributed by atoms with Gasteiger partial charge in [0, 0.05) is 48.5 Å². The normalized spacial score (nSPS) is 14.2. The molecule has 0 amide bonds. The van der Waals surface area contributed by atoms with Gasteiger partial charge in [-0.15, -0.1) is 0 Å². The summed E-state index contributed by atoms with van der Waals surface area (Å²) < 4.78 is 7.26. The van der Waals surface area contributed by atoms with Crippen molar-refractivity contribution >= 4 is 29.0 Å². The fourth-order valence-corrected chi connectivity index (χ4v) is 4.25. The third-order valence-electron chi connectivity index (χ3n) is 6.02. The van der Waals surface area contributed by atoms with Crippen LogP contribution in [0, 0.1) is 12.8 Å². The maximum absolute atomic E-state index is 12.9. The molecule has 172 valence electrons. The molecule has 1 aliphatic heterocycles. The number of carbonyl (C=O) groups excluding carboxylic acids is 1.